The number of rotatable bonds is 3. The maximum Gasteiger partial charge on any atom is 0.0566 e. The molecule has 3 heteroatoms. The summed E-state index contributed by atoms with van der Waals surface area (Å²) in [6, 6.07) is 0. The number of allylic oxidation sites excluding steroid dienone is 4. The van der Waals surface area contributed by atoms with E-state index in [1.165, 1.54) is 19.3 Å². The Morgan fingerprint density at radius 3 is 1.94 bits per heavy atom. The molecule has 0 aromatic carbocycles. The second-order valence-electron chi connectivity index (χ2n) is 13.3. The van der Waals surface area contributed by atoms with Crippen LogP contribution in [-0.4, -0.2) is 18.6 Å². The highest BCUT2D eigenvalue weighted by atomic mass is 32.2. The van der Waals surface area contributed by atoms with Gasteiger partial charge >= 0.3 is 0 Å². The smallest absolute Gasteiger partial charge is 0.0566 e. The van der Waals surface area contributed by atoms with Crippen LogP contribution in [0.2, 0.25) is 24.2 Å². The first-order chi connectivity index (χ1) is 15.4. The van der Waals surface area contributed by atoms with Gasteiger partial charge in [0.2, 0.25) is 0 Å². The maximum absolute atomic E-state index is 2.88. The minimum absolute atomic E-state index is 0.834. The van der Waals surface area contributed by atoms with Crippen molar-refractivity contribution in [2.75, 3.05) is 0 Å². The zero-order chi connectivity index (χ0) is 22.2. The third-order valence-corrected chi connectivity index (χ3v) is 19.7. The van der Waals surface area contributed by atoms with Crippen molar-refractivity contribution in [3.63, 3.8) is 0 Å². The van der Waals surface area contributed by atoms with Crippen LogP contribution in [0.3, 0.4) is 0 Å². The van der Waals surface area contributed by atoms with Crippen molar-refractivity contribution in [2.45, 2.75) is 113 Å². The summed E-state index contributed by atoms with van der Waals surface area (Å²) in [4.78, 5) is 3.26. The molecule has 0 aromatic rings. The molecule has 4 saturated carbocycles. The second-order valence-corrected chi connectivity index (χ2v) is 21.1. The molecule has 4 aliphatic carbocycles. The Morgan fingerprint density at radius 2 is 1.31 bits per heavy atom. The second kappa shape index (κ2) is 8.51. The predicted molar refractivity (Wildman–Crippen MR) is 147 cm³/mol. The van der Waals surface area contributed by atoms with Crippen LogP contribution < -0.4 is 0 Å². The van der Waals surface area contributed by atoms with Gasteiger partial charge in [-0.05, 0) is 89.0 Å². The van der Waals surface area contributed by atoms with Gasteiger partial charge in [0.15, 0.2) is 0 Å². The van der Waals surface area contributed by atoms with E-state index in [-0.39, 0.29) is 0 Å². The molecule has 0 radical (unpaired) electrons. The van der Waals surface area contributed by atoms with Crippen LogP contribution in [0.1, 0.15) is 78.6 Å². The van der Waals surface area contributed by atoms with E-state index in [4.69, 9.17) is 0 Å². The molecule has 0 spiro atoms. The van der Waals surface area contributed by atoms with Crippen LogP contribution in [0, 0.1) is 41.4 Å². The van der Waals surface area contributed by atoms with Gasteiger partial charge in [0, 0.05) is 10.5 Å². The molecule has 178 valence electrons. The van der Waals surface area contributed by atoms with Gasteiger partial charge in [0.25, 0.3) is 0 Å². The zero-order valence-corrected chi connectivity index (χ0v) is 23.8. The Kier molecular flexibility index (Phi) is 6.07. The molecule has 6 aliphatic rings. The molecular formula is C29H46S2Si. The summed E-state index contributed by atoms with van der Waals surface area (Å²) >= 11 is 4.59. The van der Waals surface area contributed by atoms with Crippen molar-refractivity contribution >= 4 is 31.6 Å². The Labute approximate surface area is 207 Å². The molecule has 2 heterocycles. The van der Waals surface area contributed by atoms with E-state index in [0.717, 1.165) is 63.0 Å². The van der Waals surface area contributed by atoms with Crippen molar-refractivity contribution in [2.24, 2.45) is 41.4 Å². The first kappa shape index (κ1) is 22.8. The molecule has 32 heavy (non-hydrogen) atoms. The molecule has 0 bridgehead atoms. The maximum atomic E-state index is 2.88. The van der Waals surface area contributed by atoms with Gasteiger partial charge in [-0.2, -0.15) is 0 Å². The van der Waals surface area contributed by atoms with Crippen LogP contribution in [0.5, 0.6) is 0 Å². The molecule has 0 amide bonds. The fraction of sp³-hybridized carbons (Fsp3) is 0.862. The van der Waals surface area contributed by atoms with Crippen molar-refractivity contribution in [3.8, 4) is 0 Å². The normalized spacial score (nSPS) is 48.9. The van der Waals surface area contributed by atoms with Gasteiger partial charge in [0.1, 0.15) is 0 Å². The van der Waals surface area contributed by atoms with E-state index >= 15 is 0 Å². The largest absolute Gasteiger partial charge is 0.127 e. The topological polar surface area (TPSA) is 0 Å². The van der Waals surface area contributed by atoms with Gasteiger partial charge in [-0.3, -0.25) is 0 Å². The molecule has 2 aliphatic heterocycles. The van der Waals surface area contributed by atoms with Crippen molar-refractivity contribution in [1.29, 1.82) is 0 Å². The van der Waals surface area contributed by atoms with Gasteiger partial charge in [0.05, 0.1) is 8.07 Å². The fourth-order valence-corrected chi connectivity index (χ4v) is 21.6. The van der Waals surface area contributed by atoms with E-state index in [0.29, 0.717) is 0 Å². The van der Waals surface area contributed by atoms with Crippen LogP contribution in [0.4, 0.5) is 0 Å². The molecule has 0 nitrogen and oxygen atoms in total. The highest BCUT2D eigenvalue weighted by molar-refractivity contribution is 8.05. The highest BCUT2D eigenvalue weighted by Crippen LogP contribution is 2.69. The monoisotopic (exact) mass is 486 g/mol. The molecule has 9 unspecified atom stereocenters. The predicted octanol–water partition coefficient (Wildman–Crippen LogP) is 9.37. The summed E-state index contributed by atoms with van der Waals surface area (Å²) in [5.41, 5.74) is 2.07. The van der Waals surface area contributed by atoms with Gasteiger partial charge in [-0.15, -0.1) is 23.5 Å². The zero-order valence-electron chi connectivity index (χ0n) is 21.2. The van der Waals surface area contributed by atoms with E-state index in [9.17, 15) is 0 Å². The average Bonchev–Trinajstić information content (AvgIpc) is 3.46. The molecule has 4 fully saturated rings. The summed E-state index contributed by atoms with van der Waals surface area (Å²) in [6.07, 6.45) is 19.3. The van der Waals surface area contributed by atoms with Gasteiger partial charge in [-0.25, -0.2) is 0 Å². The van der Waals surface area contributed by atoms with Crippen LogP contribution in [0.25, 0.3) is 0 Å². The molecule has 0 aromatic heterocycles. The molecule has 0 N–H and O–H groups in total. The SMILES string of the molecule is CC1=CC2C(S1)C([Si](C)(C)C1C(C)CC3C(C4CCCCC4)CCCC31)C1SC(C)=C[C@@H]21. The van der Waals surface area contributed by atoms with Crippen molar-refractivity contribution < 1.29 is 0 Å². The summed E-state index contributed by atoms with van der Waals surface area (Å²) in [5, 5.41) is 1.79. The Balaban J connectivity index is 1.29. The van der Waals surface area contributed by atoms with Crippen molar-refractivity contribution in [1.82, 2.24) is 0 Å². The third kappa shape index (κ3) is 3.52. The molecule has 6 rings (SSSR count). The molecular weight excluding hydrogens is 441 g/mol. The van der Waals surface area contributed by atoms with E-state index in [1.54, 1.807) is 48.3 Å². The fourth-order valence-electron chi connectivity index (χ4n) is 10.5. The third-order valence-electron chi connectivity index (χ3n) is 11.3. The quantitative estimate of drug-likeness (QED) is 0.364. The van der Waals surface area contributed by atoms with Gasteiger partial charge < -0.3 is 0 Å². The number of fused-ring (bicyclic) bond motifs is 4. The lowest BCUT2D eigenvalue weighted by Gasteiger charge is -2.48. The number of hydrogen-bond acceptors (Lipinski definition) is 2. The standard InChI is InChI=1S/C29H46S2Si/c1-17-14-23-21(20-10-7-6-8-11-20)12-9-13-22(23)28(17)32(4,5)29-26-24(15-18(2)30-26)25-16-19(3)31-27(25)29/h15-17,20-29H,6-14H2,1-5H3/t17?,21?,22?,23?,24-,25?,26?,27?,28?,29?/m0/s1. The number of hydrogen-bond donors (Lipinski definition) is 0. The van der Waals surface area contributed by atoms with E-state index < -0.39 is 8.07 Å². The van der Waals surface area contributed by atoms with Crippen LogP contribution >= 0.6 is 23.5 Å². The lowest BCUT2D eigenvalue weighted by Crippen LogP contribution is -2.48. The minimum Gasteiger partial charge on any atom is -0.127 e. The van der Waals surface area contributed by atoms with Gasteiger partial charge in [-0.1, -0.05) is 77.1 Å². The van der Waals surface area contributed by atoms with Crippen LogP contribution in [0.15, 0.2) is 22.0 Å². The summed E-state index contributed by atoms with van der Waals surface area (Å²) in [5.74, 6) is 6.98. The number of thioether (sulfide) groups is 2. The average molecular weight is 487 g/mol. The Hall–Kier alpha value is 0.397. The summed E-state index contributed by atoms with van der Waals surface area (Å²) in [7, 11) is -1.43. The summed E-state index contributed by atoms with van der Waals surface area (Å²) < 4.78 is 0. The van der Waals surface area contributed by atoms with E-state index in [2.05, 4.69) is 69.5 Å². The minimum atomic E-state index is -1.43. The Bertz CT molecular complexity index is 761. The highest BCUT2D eigenvalue weighted by Gasteiger charge is 2.63. The first-order valence-corrected chi connectivity index (χ1v) is 19.0. The first-order valence-electron chi connectivity index (χ1n) is 14.1. The van der Waals surface area contributed by atoms with E-state index in [1.807, 2.05) is 0 Å². The summed E-state index contributed by atoms with van der Waals surface area (Å²) in [6.45, 7) is 13.3. The molecule has 10 atom stereocenters. The lowest BCUT2D eigenvalue weighted by atomic mass is 9.65. The van der Waals surface area contributed by atoms with Crippen LogP contribution in [-0.2, 0) is 0 Å². The molecule has 0 saturated heterocycles. The Morgan fingerprint density at radius 1 is 0.719 bits per heavy atom. The lowest BCUT2D eigenvalue weighted by molar-refractivity contribution is 0.0980. The van der Waals surface area contributed by atoms with Crippen molar-refractivity contribution in [3.05, 3.63) is 22.0 Å².